The van der Waals surface area contributed by atoms with E-state index >= 15 is 0 Å². The van der Waals surface area contributed by atoms with Gasteiger partial charge in [-0.25, -0.2) is 0 Å². The minimum atomic E-state index is -0.147. The molecule has 4 nitrogen and oxygen atoms in total. The summed E-state index contributed by atoms with van der Waals surface area (Å²) in [4.78, 5) is 25.9. The van der Waals surface area contributed by atoms with Gasteiger partial charge in [-0.1, -0.05) is 24.3 Å². The number of pyridine rings is 2. The summed E-state index contributed by atoms with van der Waals surface area (Å²) in [7, 11) is 0. The molecule has 26 heavy (non-hydrogen) atoms. The molecule has 3 aromatic carbocycles. The smallest absolute Gasteiger partial charge is 0.197 e. The van der Waals surface area contributed by atoms with Gasteiger partial charge in [-0.3, -0.25) is 17.8 Å². The molecule has 0 aliphatic heterocycles. The van der Waals surface area contributed by atoms with E-state index in [4.69, 9.17) is 23.6 Å². The van der Waals surface area contributed by atoms with Crippen LogP contribution in [0.1, 0.15) is 0 Å². The minimum absolute atomic E-state index is 0.147. The van der Waals surface area contributed by atoms with Crippen LogP contribution in [0.3, 0.4) is 0 Å². The fourth-order valence-electron chi connectivity index (χ4n) is 3.49. The molecule has 0 saturated carbocycles. The molecule has 6 heteroatoms. The van der Waals surface area contributed by atoms with Crippen LogP contribution in [0, 0.1) is 0 Å². The van der Waals surface area contributed by atoms with Crippen LogP contribution in [0.5, 0.6) is 0 Å². The van der Waals surface area contributed by atoms with Crippen molar-refractivity contribution in [2.45, 2.75) is 0 Å². The molecule has 0 aliphatic carbocycles. The van der Waals surface area contributed by atoms with Crippen LogP contribution < -0.4 is 10.9 Å². The maximum atomic E-state index is 12.9. The van der Waals surface area contributed by atoms with E-state index in [1.165, 1.54) is 8.17 Å². The first-order chi connectivity index (χ1) is 12.6. The normalized spacial score (nSPS) is 11.8. The third kappa shape index (κ3) is 1.91. The first-order valence-corrected chi connectivity index (χ1v) is 8.63. The lowest BCUT2D eigenvalue weighted by atomic mass is 10.1. The summed E-state index contributed by atoms with van der Waals surface area (Å²) in [5, 5.41) is 1.85. The van der Waals surface area contributed by atoms with Gasteiger partial charge in [0, 0.05) is 45.1 Å². The van der Waals surface area contributed by atoms with Crippen molar-refractivity contribution in [3.63, 3.8) is 0 Å². The molecule has 0 saturated heterocycles. The monoisotopic (exact) mass is 380 g/mol. The number of para-hydroxylation sites is 2. The molecule has 0 N–H and O–H groups in total. The summed E-state index contributed by atoms with van der Waals surface area (Å²) in [6, 6.07) is 17.5. The maximum Gasteiger partial charge on any atom is 0.197 e. The highest BCUT2D eigenvalue weighted by atomic mass is 35.5. The van der Waals surface area contributed by atoms with Gasteiger partial charge in [-0.15, -0.1) is 0 Å². The number of hydrogen-bond donors (Lipinski definition) is 0. The molecule has 2 aromatic heterocycles. The second-order valence-electron chi connectivity index (χ2n) is 6.14. The highest BCUT2D eigenvalue weighted by Gasteiger charge is 2.15. The Labute approximate surface area is 156 Å². The van der Waals surface area contributed by atoms with Crippen molar-refractivity contribution in [1.82, 2.24) is 8.17 Å². The van der Waals surface area contributed by atoms with Gasteiger partial charge in [-0.2, -0.15) is 0 Å². The fraction of sp³-hybridized carbons (Fsp3) is 0. The minimum Gasteiger partial charge on any atom is -0.288 e. The van der Waals surface area contributed by atoms with Gasteiger partial charge in [-0.05, 0) is 36.4 Å². The van der Waals surface area contributed by atoms with Crippen LogP contribution in [0.2, 0.25) is 0 Å². The van der Waals surface area contributed by atoms with Crippen LogP contribution in [-0.4, -0.2) is 8.17 Å². The van der Waals surface area contributed by atoms with Crippen LogP contribution >= 0.6 is 23.6 Å². The van der Waals surface area contributed by atoms with Crippen molar-refractivity contribution < 1.29 is 0 Å². The summed E-state index contributed by atoms with van der Waals surface area (Å²) in [6.45, 7) is 0. The number of aromatic nitrogens is 2. The van der Waals surface area contributed by atoms with Crippen molar-refractivity contribution in [1.29, 1.82) is 0 Å². The van der Waals surface area contributed by atoms with Crippen molar-refractivity contribution >= 4 is 67.2 Å². The number of fused-ring (bicyclic) bond motifs is 4. The van der Waals surface area contributed by atoms with Crippen LogP contribution in [0.15, 0.2) is 70.3 Å². The number of nitrogens with zero attached hydrogens (tertiary/aromatic N) is 2. The Balaban J connectivity index is 2.12. The average Bonchev–Trinajstić information content (AvgIpc) is 2.69. The lowest BCUT2D eigenvalue weighted by Gasteiger charge is -2.12. The van der Waals surface area contributed by atoms with Gasteiger partial charge in [0.15, 0.2) is 10.9 Å². The highest BCUT2D eigenvalue weighted by Crippen LogP contribution is 2.27. The Kier molecular flexibility index (Phi) is 3.17. The summed E-state index contributed by atoms with van der Waals surface area (Å²) in [5.74, 6) is 0. The quantitative estimate of drug-likeness (QED) is 0.367. The molecule has 126 valence electrons. The molecule has 0 amide bonds. The van der Waals surface area contributed by atoms with E-state index < -0.39 is 0 Å². The van der Waals surface area contributed by atoms with Gasteiger partial charge < -0.3 is 0 Å². The SMILES string of the molecule is O=c1c2ccccc2n(Cl)c2cc3c(=O)c4ccccc4n(Cl)c3cc12. The molecular weight excluding hydrogens is 371 g/mol. The number of halogens is 2. The first kappa shape index (κ1) is 15.4. The summed E-state index contributed by atoms with van der Waals surface area (Å²) >= 11 is 13.0. The second-order valence-corrected chi connectivity index (χ2v) is 6.82. The van der Waals surface area contributed by atoms with Gasteiger partial charge in [0.1, 0.15) is 0 Å². The Hall–Kier alpha value is -2.82. The predicted molar refractivity (Wildman–Crippen MR) is 107 cm³/mol. The maximum absolute atomic E-state index is 12.9. The Bertz CT molecular complexity index is 1380. The molecule has 2 heterocycles. The van der Waals surface area contributed by atoms with Crippen LogP contribution in [-0.2, 0) is 0 Å². The average molecular weight is 381 g/mol. The number of rotatable bonds is 0. The predicted octanol–water partition coefficient (Wildman–Crippen LogP) is 4.63. The van der Waals surface area contributed by atoms with Crippen molar-refractivity contribution in [2.75, 3.05) is 0 Å². The standard InChI is InChI=1S/C20H10Cl2N2O2/c21-23-15-7-3-1-5-11(15)19(25)13-9-18-14(10-17(13)23)20(26)12-6-2-4-8-16(12)24(18)22/h1-10H. The molecule has 0 radical (unpaired) electrons. The largest absolute Gasteiger partial charge is 0.288 e. The Morgan fingerprint density at radius 2 is 0.923 bits per heavy atom. The van der Waals surface area contributed by atoms with Gasteiger partial charge in [0.25, 0.3) is 0 Å². The van der Waals surface area contributed by atoms with E-state index in [2.05, 4.69) is 0 Å². The molecule has 5 rings (SSSR count). The van der Waals surface area contributed by atoms with E-state index in [0.717, 1.165) is 0 Å². The second kappa shape index (κ2) is 5.34. The highest BCUT2D eigenvalue weighted by molar-refractivity contribution is 6.25. The summed E-state index contributed by atoms with van der Waals surface area (Å²) in [5.41, 5.74) is 1.85. The molecular formula is C20H10Cl2N2O2. The van der Waals surface area contributed by atoms with Crippen LogP contribution in [0.25, 0.3) is 43.6 Å². The molecule has 0 unspecified atom stereocenters. The van der Waals surface area contributed by atoms with E-state index in [0.29, 0.717) is 43.6 Å². The van der Waals surface area contributed by atoms with Gasteiger partial charge >= 0.3 is 0 Å². The van der Waals surface area contributed by atoms with E-state index in [1.54, 1.807) is 48.5 Å². The molecule has 0 aliphatic rings. The Morgan fingerprint density at radius 3 is 1.35 bits per heavy atom. The molecule has 0 atom stereocenters. The zero-order valence-corrected chi connectivity index (χ0v) is 14.8. The summed E-state index contributed by atoms with van der Waals surface area (Å²) in [6.07, 6.45) is 0. The zero-order valence-electron chi connectivity index (χ0n) is 13.2. The van der Waals surface area contributed by atoms with Crippen molar-refractivity contribution in [3.8, 4) is 0 Å². The lowest BCUT2D eigenvalue weighted by molar-refractivity contribution is 1.33. The van der Waals surface area contributed by atoms with E-state index in [-0.39, 0.29) is 10.9 Å². The van der Waals surface area contributed by atoms with Crippen LogP contribution in [0.4, 0.5) is 0 Å². The van der Waals surface area contributed by atoms with Gasteiger partial charge in [0.05, 0.1) is 22.1 Å². The third-order valence-corrected chi connectivity index (χ3v) is 5.48. The lowest BCUT2D eigenvalue weighted by Crippen LogP contribution is -2.11. The molecule has 0 spiro atoms. The molecule has 0 bridgehead atoms. The topological polar surface area (TPSA) is 44.0 Å². The zero-order chi connectivity index (χ0) is 18.0. The van der Waals surface area contributed by atoms with Gasteiger partial charge in [0.2, 0.25) is 0 Å². The number of hydrogen-bond acceptors (Lipinski definition) is 2. The summed E-state index contributed by atoms with van der Waals surface area (Å²) < 4.78 is 2.83. The van der Waals surface area contributed by atoms with E-state index in [9.17, 15) is 9.59 Å². The number of benzene rings is 3. The Morgan fingerprint density at radius 1 is 0.538 bits per heavy atom. The molecule has 0 fully saturated rings. The van der Waals surface area contributed by atoms with Crippen molar-refractivity contribution in [3.05, 3.63) is 81.1 Å². The van der Waals surface area contributed by atoms with Crippen molar-refractivity contribution in [2.24, 2.45) is 0 Å². The molecule has 5 aromatic rings. The fourth-order valence-corrected chi connectivity index (χ4v) is 4.06. The third-order valence-electron chi connectivity index (χ3n) is 4.75. The van der Waals surface area contributed by atoms with E-state index in [1.807, 2.05) is 12.1 Å². The first-order valence-electron chi connectivity index (χ1n) is 7.95.